The molecule has 0 aliphatic heterocycles. The molecule has 0 radical (unpaired) electrons. The van der Waals surface area contributed by atoms with E-state index in [4.69, 9.17) is 22.4 Å². The van der Waals surface area contributed by atoms with Gasteiger partial charge in [0.2, 0.25) is 0 Å². The highest BCUT2D eigenvalue weighted by Crippen LogP contribution is 2.35. The summed E-state index contributed by atoms with van der Waals surface area (Å²) in [6.07, 6.45) is -3.08. The molecule has 0 aliphatic carbocycles. The lowest BCUT2D eigenvalue weighted by atomic mass is 10.0. The van der Waals surface area contributed by atoms with Crippen LogP contribution >= 0.6 is 0 Å². The Bertz CT molecular complexity index is 1240. The fourth-order valence-corrected chi connectivity index (χ4v) is 3.03. The van der Waals surface area contributed by atoms with Gasteiger partial charge in [0.15, 0.2) is 6.61 Å². The minimum Gasteiger partial charge on any atom is -0.481 e. The molecule has 0 bridgehead atoms. The van der Waals surface area contributed by atoms with Gasteiger partial charge in [0.05, 0.1) is 16.5 Å². The number of nitrogens with zero attached hydrogens (tertiary/aromatic N) is 1. The van der Waals surface area contributed by atoms with E-state index in [2.05, 4.69) is 0 Å². The minimum atomic E-state index is -3.22. The van der Waals surface area contributed by atoms with Crippen molar-refractivity contribution in [1.29, 1.82) is 0 Å². The molecular formula is C21H20N2O5. The summed E-state index contributed by atoms with van der Waals surface area (Å²) in [6, 6.07) is 13.0. The summed E-state index contributed by atoms with van der Waals surface area (Å²) in [5.74, 6) is -4.18. The number of nitrogens with two attached hydrogens (primary N) is 1. The fraction of sp³-hybridized carbons (Fsp3) is 0.190. The molecule has 0 aliphatic rings. The van der Waals surface area contributed by atoms with Crippen molar-refractivity contribution < 1.29 is 31.1 Å². The van der Waals surface area contributed by atoms with E-state index in [0.29, 0.717) is 5.56 Å². The molecule has 0 atom stereocenters. The first-order valence-electron chi connectivity index (χ1n) is 10.7. The number of aromatic nitrogens is 1. The maximum absolute atomic E-state index is 12.9. The van der Waals surface area contributed by atoms with Crippen LogP contribution in [0.5, 0.6) is 5.75 Å². The van der Waals surface area contributed by atoms with Crippen LogP contribution in [0.2, 0.25) is 0 Å². The molecule has 1 amide bonds. The lowest BCUT2D eigenvalue weighted by molar-refractivity contribution is -0.139. The molecule has 0 spiro atoms. The second-order valence-corrected chi connectivity index (χ2v) is 5.95. The number of hydrogen-bond acceptors (Lipinski definition) is 4. The minimum absolute atomic E-state index is 0.0450. The number of amides is 1. The Morgan fingerprint density at radius 3 is 2.57 bits per heavy atom. The summed E-state index contributed by atoms with van der Waals surface area (Å²) in [4.78, 5) is 35.8. The Balaban J connectivity index is 2.47. The molecule has 0 saturated carbocycles. The topological polar surface area (TPSA) is 112 Å². The Labute approximate surface area is 168 Å². The lowest BCUT2D eigenvalue weighted by Crippen LogP contribution is -2.24. The monoisotopic (exact) mass is 385 g/mol. The zero-order chi connectivity index (χ0) is 24.6. The van der Waals surface area contributed by atoms with Crippen molar-refractivity contribution in [3.8, 4) is 5.75 Å². The summed E-state index contributed by atoms with van der Waals surface area (Å²) in [6.45, 7) is -4.05. The number of carboxylic acids is 1. The smallest absolute Gasteiger partial charge is 0.341 e. The molecule has 144 valence electrons. The molecule has 7 nitrogen and oxygen atoms in total. The number of aliphatic carboxylic acids is 1. The van der Waals surface area contributed by atoms with E-state index >= 15 is 0 Å². The molecule has 2 aromatic carbocycles. The van der Waals surface area contributed by atoms with Gasteiger partial charge in [-0.2, -0.15) is 0 Å². The van der Waals surface area contributed by atoms with E-state index in [1.54, 1.807) is 30.3 Å². The first-order chi connectivity index (χ1) is 15.4. The largest absolute Gasteiger partial charge is 0.481 e. The van der Waals surface area contributed by atoms with Gasteiger partial charge in [0.25, 0.3) is 11.7 Å². The molecule has 0 fully saturated rings. The zero-order valence-corrected chi connectivity index (χ0v) is 14.6. The zero-order valence-electron chi connectivity index (χ0n) is 19.6. The van der Waals surface area contributed by atoms with Gasteiger partial charge in [-0.05, 0) is 24.1 Å². The van der Waals surface area contributed by atoms with Crippen molar-refractivity contribution in [2.45, 2.75) is 19.8 Å². The van der Waals surface area contributed by atoms with Crippen LogP contribution in [0.15, 0.2) is 48.5 Å². The average molecular weight is 385 g/mol. The quantitative estimate of drug-likeness (QED) is 0.457. The molecule has 0 unspecified atom stereocenters. The van der Waals surface area contributed by atoms with Gasteiger partial charge in [-0.25, -0.2) is 4.79 Å². The molecular weight excluding hydrogens is 360 g/mol. The van der Waals surface area contributed by atoms with Crippen LogP contribution in [-0.4, -0.2) is 33.9 Å². The maximum Gasteiger partial charge on any atom is 0.341 e. The third kappa shape index (κ3) is 3.59. The third-order valence-electron chi connectivity index (χ3n) is 4.16. The van der Waals surface area contributed by atoms with Crippen LogP contribution in [0.1, 0.15) is 35.3 Å². The predicted molar refractivity (Wildman–Crippen MR) is 104 cm³/mol. The van der Waals surface area contributed by atoms with E-state index in [9.17, 15) is 14.4 Å². The summed E-state index contributed by atoms with van der Waals surface area (Å²) in [5, 5.41) is 8.90. The van der Waals surface area contributed by atoms with E-state index in [0.717, 1.165) is 0 Å². The van der Waals surface area contributed by atoms with Crippen LogP contribution in [0.25, 0.3) is 10.9 Å². The van der Waals surface area contributed by atoms with Gasteiger partial charge in [-0.15, -0.1) is 0 Å². The molecule has 0 saturated heterocycles. The number of hydrogen-bond donors (Lipinski definition) is 2. The highest BCUT2D eigenvalue weighted by atomic mass is 16.5. The van der Waals surface area contributed by atoms with Crippen molar-refractivity contribution in [2.24, 2.45) is 5.73 Å². The van der Waals surface area contributed by atoms with Crippen molar-refractivity contribution in [3.63, 3.8) is 0 Å². The van der Waals surface area contributed by atoms with Crippen molar-refractivity contribution in [3.05, 3.63) is 65.4 Å². The molecule has 3 aromatic rings. The number of primary amides is 1. The van der Waals surface area contributed by atoms with E-state index in [1.807, 2.05) is 0 Å². The van der Waals surface area contributed by atoms with Crippen LogP contribution in [-0.2, 0) is 22.5 Å². The highest BCUT2D eigenvalue weighted by molar-refractivity contribution is 6.45. The number of benzene rings is 2. The van der Waals surface area contributed by atoms with Gasteiger partial charge < -0.3 is 20.1 Å². The van der Waals surface area contributed by atoms with E-state index in [-0.39, 0.29) is 23.2 Å². The molecule has 3 rings (SSSR count). The second-order valence-electron chi connectivity index (χ2n) is 5.95. The Kier molecular flexibility index (Phi) is 3.85. The van der Waals surface area contributed by atoms with Crippen molar-refractivity contribution in [2.75, 3.05) is 6.61 Å². The third-order valence-corrected chi connectivity index (χ3v) is 4.16. The predicted octanol–water partition coefficient (Wildman–Crippen LogP) is 2.38. The summed E-state index contributed by atoms with van der Waals surface area (Å²) >= 11 is 0. The number of carboxylic acid groups (broad SMARTS) is 1. The van der Waals surface area contributed by atoms with Gasteiger partial charge >= 0.3 is 5.97 Å². The summed E-state index contributed by atoms with van der Waals surface area (Å²) in [7, 11) is 0. The number of carbonyl (C=O) groups excluding carboxylic acids is 2. The average Bonchev–Trinajstić information content (AvgIpc) is 3.06. The van der Waals surface area contributed by atoms with Crippen LogP contribution < -0.4 is 10.5 Å². The number of fused-ring (bicyclic) bond motifs is 1. The maximum atomic E-state index is 12.9. The summed E-state index contributed by atoms with van der Waals surface area (Å²) in [5.41, 5.74) is 4.91. The fourth-order valence-electron chi connectivity index (χ4n) is 3.03. The van der Waals surface area contributed by atoms with Crippen molar-refractivity contribution in [1.82, 2.24) is 4.57 Å². The molecule has 7 heteroatoms. The Morgan fingerprint density at radius 1 is 1.18 bits per heavy atom. The normalized spacial score (nSPS) is 14.4. The van der Waals surface area contributed by atoms with Crippen LogP contribution in [0, 0.1) is 0 Å². The molecule has 28 heavy (non-hydrogen) atoms. The first kappa shape index (κ1) is 13.5. The van der Waals surface area contributed by atoms with E-state index < -0.39 is 48.7 Å². The van der Waals surface area contributed by atoms with Gasteiger partial charge in [-0.1, -0.05) is 43.3 Å². The van der Waals surface area contributed by atoms with Crippen LogP contribution in [0.4, 0.5) is 0 Å². The summed E-state index contributed by atoms with van der Waals surface area (Å²) < 4.78 is 46.7. The van der Waals surface area contributed by atoms with Gasteiger partial charge in [-0.3, -0.25) is 9.59 Å². The highest BCUT2D eigenvalue weighted by Gasteiger charge is 2.27. The standard InChI is InChI=1S/C21H20N2O5/c1-2-14-19(20(26)21(22)27)18-15(9-6-10-16(18)28-12-17(24)25)23(14)11-13-7-4-3-5-8-13/h3-10H,2,11-12H2,1H3,(H2,22,27)(H,24,25)/i1D3,2D2. The molecule has 1 heterocycles. The molecule has 3 N–H and O–H groups in total. The SMILES string of the molecule is [2H]C([2H])([2H])C([2H])([2H])c1c(C(=O)C(N)=O)c2c(OCC(=O)O)cccc2n1Cc1ccccc1. The Hall–Kier alpha value is -3.61. The molecule has 1 aromatic heterocycles. The second kappa shape index (κ2) is 7.96. The number of rotatable bonds is 8. The number of carbonyl (C=O) groups is 3. The number of ether oxygens (including phenoxy) is 1. The lowest BCUT2D eigenvalue weighted by Gasteiger charge is -2.11. The van der Waals surface area contributed by atoms with Gasteiger partial charge in [0.1, 0.15) is 5.75 Å². The first-order valence-corrected chi connectivity index (χ1v) is 8.24. The van der Waals surface area contributed by atoms with Crippen molar-refractivity contribution >= 4 is 28.6 Å². The number of ketones is 1. The van der Waals surface area contributed by atoms with Gasteiger partial charge in [0, 0.05) is 19.1 Å². The number of Topliss-reactive ketones (excluding diaryl/α,β-unsaturated/α-hetero) is 1. The Morgan fingerprint density at radius 2 is 1.93 bits per heavy atom. The van der Waals surface area contributed by atoms with E-state index in [1.165, 1.54) is 22.8 Å². The van der Waals surface area contributed by atoms with Crippen LogP contribution in [0.3, 0.4) is 0 Å².